The van der Waals surface area contributed by atoms with Crippen LogP contribution in [0.15, 0.2) is 0 Å². The van der Waals surface area contributed by atoms with Crippen molar-refractivity contribution < 1.29 is 18.0 Å². The van der Waals surface area contributed by atoms with Crippen LogP contribution < -0.4 is 5.32 Å². The molecule has 0 aromatic rings. The molecule has 1 rings (SSSR count). The van der Waals surface area contributed by atoms with Gasteiger partial charge in [0.2, 0.25) is 5.91 Å². The maximum absolute atomic E-state index is 12.6. The molecule has 0 spiro atoms. The van der Waals surface area contributed by atoms with E-state index in [1.54, 1.807) is 0 Å². The lowest BCUT2D eigenvalue weighted by atomic mass is 9.80. The highest BCUT2D eigenvalue weighted by molar-refractivity contribution is 5.78. The molecule has 17 heavy (non-hydrogen) atoms. The molecule has 1 aliphatic rings. The second-order valence-electron chi connectivity index (χ2n) is 5.24. The number of carbonyl (C=O) groups is 1. The SMILES string of the molecule is CC(C)CNC(=O)C1CCCC(C(F)(F)F)C1. The average molecular weight is 251 g/mol. The molecule has 2 nitrogen and oxygen atoms in total. The number of hydrogen-bond donors (Lipinski definition) is 1. The minimum Gasteiger partial charge on any atom is -0.356 e. The van der Waals surface area contributed by atoms with Crippen LogP contribution in [-0.4, -0.2) is 18.6 Å². The Morgan fingerprint density at radius 2 is 2.00 bits per heavy atom. The monoisotopic (exact) mass is 251 g/mol. The van der Waals surface area contributed by atoms with Gasteiger partial charge in [0, 0.05) is 12.5 Å². The number of nitrogens with one attached hydrogen (secondary N) is 1. The van der Waals surface area contributed by atoms with Gasteiger partial charge in [-0.1, -0.05) is 20.3 Å². The number of hydrogen-bond acceptors (Lipinski definition) is 1. The molecule has 2 unspecified atom stereocenters. The first kappa shape index (κ1) is 14.3. The van der Waals surface area contributed by atoms with Crippen LogP contribution in [0.25, 0.3) is 0 Å². The summed E-state index contributed by atoms with van der Waals surface area (Å²) in [6.07, 6.45) is -2.97. The first-order valence-corrected chi connectivity index (χ1v) is 6.15. The van der Waals surface area contributed by atoms with Crippen molar-refractivity contribution in [2.24, 2.45) is 17.8 Å². The fourth-order valence-corrected chi connectivity index (χ4v) is 2.17. The van der Waals surface area contributed by atoms with Crippen molar-refractivity contribution in [3.63, 3.8) is 0 Å². The fraction of sp³-hybridized carbons (Fsp3) is 0.917. The molecule has 100 valence electrons. The summed E-state index contributed by atoms with van der Waals surface area (Å²) >= 11 is 0. The molecular formula is C12H20F3NO. The molecule has 0 heterocycles. The van der Waals surface area contributed by atoms with Crippen molar-refractivity contribution in [3.8, 4) is 0 Å². The molecule has 1 amide bonds. The molecule has 0 bridgehead atoms. The molecule has 1 N–H and O–H groups in total. The predicted octanol–water partition coefficient (Wildman–Crippen LogP) is 3.13. The van der Waals surface area contributed by atoms with E-state index in [1.807, 2.05) is 13.8 Å². The first-order valence-electron chi connectivity index (χ1n) is 6.15. The van der Waals surface area contributed by atoms with Crippen molar-refractivity contribution in [1.29, 1.82) is 0 Å². The molecular weight excluding hydrogens is 231 g/mol. The smallest absolute Gasteiger partial charge is 0.356 e. The van der Waals surface area contributed by atoms with Gasteiger partial charge >= 0.3 is 6.18 Å². The molecule has 2 atom stereocenters. The van der Waals surface area contributed by atoms with E-state index in [4.69, 9.17) is 0 Å². The normalized spacial score (nSPS) is 26.0. The van der Waals surface area contributed by atoms with Crippen LogP contribution in [0.3, 0.4) is 0 Å². The first-order chi connectivity index (χ1) is 7.80. The molecule has 0 aromatic carbocycles. The Balaban J connectivity index is 2.46. The lowest BCUT2D eigenvalue weighted by molar-refractivity contribution is -0.186. The minimum atomic E-state index is -4.16. The third-order valence-corrected chi connectivity index (χ3v) is 3.19. The third kappa shape index (κ3) is 4.56. The number of alkyl halides is 3. The maximum atomic E-state index is 12.6. The Kier molecular flexibility index (Phi) is 4.83. The Morgan fingerprint density at radius 1 is 1.35 bits per heavy atom. The van der Waals surface area contributed by atoms with E-state index in [1.165, 1.54) is 0 Å². The van der Waals surface area contributed by atoms with Gasteiger partial charge in [0.05, 0.1) is 5.92 Å². The van der Waals surface area contributed by atoms with Crippen molar-refractivity contribution >= 4 is 5.91 Å². The number of rotatable bonds is 3. The zero-order chi connectivity index (χ0) is 13.1. The molecule has 1 fully saturated rings. The van der Waals surface area contributed by atoms with Gasteiger partial charge in [-0.15, -0.1) is 0 Å². The summed E-state index contributed by atoms with van der Waals surface area (Å²) in [5.74, 6) is -1.66. The summed E-state index contributed by atoms with van der Waals surface area (Å²) in [5, 5.41) is 2.72. The highest BCUT2D eigenvalue weighted by Crippen LogP contribution is 2.39. The highest BCUT2D eigenvalue weighted by Gasteiger charge is 2.43. The Bertz CT molecular complexity index is 263. The quantitative estimate of drug-likeness (QED) is 0.820. The van der Waals surface area contributed by atoms with Crippen molar-refractivity contribution in [2.45, 2.75) is 45.7 Å². The number of amides is 1. The summed E-state index contributed by atoms with van der Waals surface area (Å²) in [7, 11) is 0. The van der Waals surface area contributed by atoms with Gasteiger partial charge in [0.1, 0.15) is 0 Å². The van der Waals surface area contributed by atoms with Crippen LogP contribution in [0.1, 0.15) is 39.5 Å². The number of carbonyl (C=O) groups excluding carboxylic acids is 1. The Morgan fingerprint density at radius 3 is 2.53 bits per heavy atom. The topological polar surface area (TPSA) is 29.1 Å². The van der Waals surface area contributed by atoms with Gasteiger partial charge < -0.3 is 5.32 Å². The van der Waals surface area contributed by atoms with Crippen LogP contribution in [-0.2, 0) is 4.79 Å². The lowest BCUT2D eigenvalue weighted by Gasteiger charge is -2.29. The van der Waals surface area contributed by atoms with Gasteiger partial charge in [-0.2, -0.15) is 13.2 Å². The molecule has 1 saturated carbocycles. The van der Waals surface area contributed by atoms with Crippen molar-refractivity contribution in [1.82, 2.24) is 5.32 Å². The lowest BCUT2D eigenvalue weighted by Crippen LogP contribution is -2.38. The fourth-order valence-electron chi connectivity index (χ4n) is 2.17. The van der Waals surface area contributed by atoms with E-state index in [9.17, 15) is 18.0 Å². The standard InChI is InChI=1S/C12H20F3NO/c1-8(2)7-16-11(17)9-4-3-5-10(6-9)12(13,14)15/h8-10H,3-7H2,1-2H3,(H,16,17). The second-order valence-corrected chi connectivity index (χ2v) is 5.24. The predicted molar refractivity (Wildman–Crippen MR) is 59.4 cm³/mol. The summed E-state index contributed by atoms with van der Waals surface area (Å²) in [6.45, 7) is 4.45. The Labute approximate surface area is 100.0 Å². The molecule has 0 aromatic heterocycles. The largest absolute Gasteiger partial charge is 0.391 e. The van der Waals surface area contributed by atoms with Gasteiger partial charge in [0.25, 0.3) is 0 Å². The van der Waals surface area contributed by atoms with Gasteiger partial charge in [-0.05, 0) is 25.2 Å². The van der Waals surface area contributed by atoms with Crippen LogP contribution in [0, 0.1) is 17.8 Å². The Hall–Kier alpha value is -0.740. The van der Waals surface area contributed by atoms with Crippen LogP contribution in [0.2, 0.25) is 0 Å². The average Bonchev–Trinajstić information content (AvgIpc) is 2.25. The van der Waals surface area contributed by atoms with E-state index >= 15 is 0 Å². The van der Waals surface area contributed by atoms with Crippen LogP contribution >= 0.6 is 0 Å². The minimum absolute atomic E-state index is 0.0482. The van der Waals surface area contributed by atoms with Crippen molar-refractivity contribution in [3.05, 3.63) is 0 Å². The van der Waals surface area contributed by atoms with E-state index in [-0.39, 0.29) is 18.7 Å². The van der Waals surface area contributed by atoms with E-state index in [0.29, 0.717) is 25.3 Å². The zero-order valence-electron chi connectivity index (χ0n) is 10.3. The summed E-state index contributed by atoms with van der Waals surface area (Å²) in [6, 6.07) is 0. The van der Waals surface area contributed by atoms with E-state index in [2.05, 4.69) is 5.32 Å². The van der Waals surface area contributed by atoms with Crippen molar-refractivity contribution in [2.75, 3.05) is 6.54 Å². The molecule has 0 saturated heterocycles. The van der Waals surface area contributed by atoms with E-state index in [0.717, 1.165) is 0 Å². The summed E-state index contributed by atoms with van der Waals surface area (Å²) in [4.78, 5) is 11.7. The molecule has 0 radical (unpaired) electrons. The maximum Gasteiger partial charge on any atom is 0.391 e. The van der Waals surface area contributed by atoms with Crippen LogP contribution in [0.5, 0.6) is 0 Å². The number of halogens is 3. The summed E-state index contributed by atoms with van der Waals surface area (Å²) in [5.41, 5.74) is 0. The van der Waals surface area contributed by atoms with Gasteiger partial charge in [-0.25, -0.2) is 0 Å². The molecule has 0 aliphatic heterocycles. The molecule has 5 heteroatoms. The zero-order valence-corrected chi connectivity index (χ0v) is 10.3. The second kappa shape index (κ2) is 5.74. The van der Waals surface area contributed by atoms with Gasteiger partial charge in [0.15, 0.2) is 0 Å². The highest BCUT2D eigenvalue weighted by atomic mass is 19.4. The van der Waals surface area contributed by atoms with E-state index < -0.39 is 18.0 Å². The van der Waals surface area contributed by atoms with Crippen LogP contribution in [0.4, 0.5) is 13.2 Å². The molecule has 1 aliphatic carbocycles. The van der Waals surface area contributed by atoms with Gasteiger partial charge in [-0.3, -0.25) is 4.79 Å². The third-order valence-electron chi connectivity index (χ3n) is 3.19. The summed E-state index contributed by atoms with van der Waals surface area (Å²) < 4.78 is 37.7.